The van der Waals surface area contributed by atoms with Gasteiger partial charge in [-0.2, -0.15) is 5.26 Å². The Balaban J connectivity index is 1.42. The van der Waals surface area contributed by atoms with Crippen molar-refractivity contribution in [2.75, 3.05) is 13.1 Å². The molecule has 2 heterocycles. The Morgan fingerprint density at radius 1 is 1.20 bits per heavy atom. The summed E-state index contributed by atoms with van der Waals surface area (Å²) in [6.07, 6.45) is 8.53. The molecule has 1 saturated heterocycles. The van der Waals surface area contributed by atoms with Gasteiger partial charge in [-0.25, -0.2) is 4.98 Å². The molecule has 0 bridgehead atoms. The molecular weight excluding hydrogens is 312 g/mol. The Labute approximate surface area is 147 Å². The average Bonchev–Trinajstić information content (AvgIpc) is 3.36. The van der Waals surface area contributed by atoms with Crippen molar-refractivity contribution in [1.29, 1.82) is 5.26 Å². The van der Waals surface area contributed by atoms with Crippen molar-refractivity contribution >= 4 is 5.91 Å². The van der Waals surface area contributed by atoms with Crippen molar-refractivity contribution < 1.29 is 4.79 Å². The Kier molecular flexibility index (Phi) is 4.27. The molecule has 0 N–H and O–H groups in total. The molecule has 5 heteroatoms. The lowest BCUT2D eigenvalue weighted by molar-refractivity contribution is 0.0710. The fourth-order valence-electron chi connectivity index (χ4n) is 3.69. The summed E-state index contributed by atoms with van der Waals surface area (Å²) in [7, 11) is 0. The first-order valence-corrected chi connectivity index (χ1v) is 9.05. The summed E-state index contributed by atoms with van der Waals surface area (Å²) in [6.45, 7) is 2.53. The van der Waals surface area contributed by atoms with Crippen molar-refractivity contribution in [3.63, 3.8) is 0 Å². The maximum absolute atomic E-state index is 12.7. The molecule has 0 unspecified atom stereocenters. The van der Waals surface area contributed by atoms with Gasteiger partial charge in [-0.1, -0.05) is 12.1 Å². The minimum atomic E-state index is -0.0306. The second kappa shape index (κ2) is 6.72. The number of rotatable bonds is 4. The van der Waals surface area contributed by atoms with E-state index in [4.69, 9.17) is 0 Å². The molecule has 2 fully saturated rings. The highest BCUT2D eigenvalue weighted by molar-refractivity contribution is 5.96. The van der Waals surface area contributed by atoms with Crippen molar-refractivity contribution in [2.45, 2.75) is 38.1 Å². The molecule has 1 aliphatic carbocycles. The van der Waals surface area contributed by atoms with E-state index in [1.165, 1.54) is 18.7 Å². The maximum atomic E-state index is 12.7. The lowest BCUT2D eigenvalue weighted by atomic mass is 9.95. The number of carbonyl (C=O) groups is 1. The van der Waals surface area contributed by atoms with Gasteiger partial charge in [0.15, 0.2) is 0 Å². The largest absolute Gasteiger partial charge is 0.339 e. The third-order valence-corrected chi connectivity index (χ3v) is 5.32. The molecule has 1 aromatic carbocycles. The molecular formula is C20H22N4O. The van der Waals surface area contributed by atoms with Gasteiger partial charge in [0.05, 0.1) is 17.2 Å². The molecule has 0 atom stereocenters. The van der Waals surface area contributed by atoms with Gasteiger partial charge in [-0.15, -0.1) is 0 Å². The molecule has 5 nitrogen and oxygen atoms in total. The van der Waals surface area contributed by atoms with Crippen LogP contribution in [0.3, 0.4) is 0 Å². The molecule has 1 aliphatic heterocycles. The first kappa shape index (κ1) is 15.9. The SMILES string of the molecule is N#Cc1ccccc1C(=O)N1CCC(c2nccn2CC2CC2)CC1. The second-order valence-electron chi connectivity index (χ2n) is 7.11. The Hall–Kier alpha value is -2.61. The summed E-state index contributed by atoms with van der Waals surface area (Å²) < 4.78 is 2.31. The quantitative estimate of drug-likeness (QED) is 0.863. The summed E-state index contributed by atoms with van der Waals surface area (Å²) >= 11 is 0. The molecule has 2 aliphatic rings. The van der Waals surface area contributed by atoms with E-state index in [2.05, 4.69) is 21.8 Å². The highest BCUT2D eigenvalue weighted by atomic mass is 16.2. The van der Waals surface area contributed by atoms with E-state index in [1.54, 1.807) is 18.2 Å². The molecule has 1 amide bonds. The first-order valence-electron chi connectivity index (χ1n) is 9.05. The van der Waals surface area contributed by atoms with E-state index < -0.39 is 0 Å². The van der Waals surface area contributed by atoms with E-state index in [0.717, 1.165) is 38.4 Å². The van der Waals surface area contributed by atoms with Crippen molar-refractivity contribution in [3.05, 3.63) is 53.6 Å². The van der Waals surface area contributed by atoms with Gasteiger partial charge in [0, 0.05) is 37.9 Å². The van der Waals surface area contributed by atoms with Crippen molar-refractivity contribution in [3.8, 4) is 6.07 Å². The lowest BCUT2D eigenvalue weighted by Crippen LogP contribution is -2.38. The van der Waals surface area contributed by atoms with Crippen LogP contribution in [-0.4, -0.2) is 33.4 Å². The van der Waals surface area contributed by atoms with Crippen LogP contribution in [0.4, 0.5) is 0 Å². The smallest absolute Gasteiger partial charge is 0.255 e. The lowest BCUT2D eigenvalue weighted by Gasteiger charge is -2.32. The molecule has 1 aromatic heterocycles. The third-order valence-electron chi connectivity index (χ3n) is 5.32. The highest BCUT2D eigenvalue weighted by Crippen LogP contribution is 2.33. The number of aromatic nitrogens is 2. The third kappa shape index (κ3) is 3.30. The van der Waals surface area contributed by atoms with E-state index in [0.29, 0.717) is 17.0 Å². The van der Waals surface area contributed by atoms with Crippen LogP contribution >= 0.6 is 0 Å². The summed E-state index contributed by atoms with van der Waals surface area (Å²) in [5.41, 5.74) is 0.966. The summed E-state index contributed by atoms with van der Waals surface area (Å²) in [5.74, 6) is 2.40. The maximum Gasteiger partial charge on any atom is 0.255 e. The number of imidazole rings is 1. The molecule has 4 rings (SSSR count). The van der Waals surface area contributed by atoms with Gasteiger partial charge in [-0.3, -0.25) is 4.79 Å². The Bertz CT molecular complexity index is 807. The molecule has 0 radical (unpaired) electrons. The molecule has 25 heavy (non-hydrogen) atoms. The van der Waals surface area contributed by atoms with Crippen LogP contribution in [0.25, 0.3) is 0 Å². The normalized spacial score (nSPS) is 18.1. The number of nitrogens with zero attached hydrogens (tertiary/aromatic N) is 4. The fraction of sp³-hybridized carbons (Fsp3) is 0.450. The number of piperidine rings is 1. The molecule has 2 aromatic rings. The minimum absolute atomic E-state index is 0.0306. The fourth-order valence-corrected chi connectivity index (χ4v) is 3.69. The second-order valence-corrected chi connectivity index (χ2v) is 7.11. The zero-order chi connectivity index (χ0) is 17.2. The monoisotopic (exact) mass is 334 g/mol. The number of hydrogen-bond donors (Lipinski definition) is 0. The predicted octanol–water partition coefficient (Wildman–Crippen LogP) is 3.18. The summed E-state index contributed by atoms with van der Waals surface area (Å²) in [5, 5.41) is 9.21. The van der Waals surface area contributed by atoms with Crippen LogP contribution < -0.4 is 0 Å². The topological polar surface area (TPSA) is 61.9 Å². The van der Waals surface area contributed by atoms with Crippen LogP contribution in [0.1, 0.15) is 53.3 Å². The number of nitriles is 1. The van der Waals surface area contributed by atoms with Crippen LogP contribution in [0.2, 0.25) is 0 Å². The molecule has 1 saturated carbocycles. The number of carbonyl (C=O) groups excluding carboxylic acids is 1. The Morgan fingerprint density at radius 3 is 2.68 bits per heavy atom. The van der Waals surface area contributed by atoms with E-state index in [-0.39, 0.29) is 5.91 Å². The minimum Gasteiger partial charge on any atom is -0.339 e. The zero-order valence-electron chi connectivity index (χ0n) is 14.3. The number of benzene rings is 1. The molecule has 128 valence electrons. The van der Waals surface area contributed by atoms with Crippen LogP contribution in [0.15, 0.2) is 36.7 Å². The summed E-state index contributed by atoms with van der Waals surface area (Å²) in [6, 6.07) is 9.17. The van der Waals surface area contributed by atoms with Crippen LogP contribution in [0.5, 0.6) is 0 Å². The zero-order valence-corrected chi connectivity index (χ0v) is 14.3. The number of amides is 1. The summed E-state index contributed by atoms with van der Waals surface area (Å²) in [4.78, 5) is 19.2. The van der Waals surface area contributed by atoms with E-state index in [1.807, 2.05) is 17.2 Å². The van der Waals surface area contributed by atoms with Gasteiger partial charge >= 0.3 is 0 Å². The van der Waals surface area contributed by atoms with Gasteiger partial charge in [0.25, 0.3) is 5.91 Å². The Morgan fingerprint density at radius 2 is 1.96 bits per heavy atom. The molecule has 0 spiro atoms. The van der Waals surface area contributed by atoms with Crippen molar-refractivity contribution in [1.82, 2.24) is 14.5 Å². The van der Waals surface area contributed by atoms with Crippen molar-refractivity contribution in [2.24, 2.45) is 5.92 Å². The average molecular weight is 334 g/mol. The highest BCUT2D eigenvalue weighted by Gasteiger charge is 2.29. The standard InChI is InChI=1S/C20H22N4O/c21-13-17-3-1-2-4-18(17)20(25)23-10-7-16(8-11-23)19-22-9-12-24(19)14-15-5-6-15/h1-4,9,12,15-16H,5-8,10-11,14H2. The van der Waals surface area contributed by atoms with Crippen LogP contribution in [0, 0.1) is 17.2 Å². The van der Waals surface area contributed by atoms with Gasteiger partial charge < -0.3 is 9.47 Å². The predicted molar refractivity (Wildman–Crippen MR) is 94.0 cm³/mol. The number of likely N-dealkylation sites (tertiary alicyclic amines) is 1. The van der Waals surface area contributed by atoms with Crippen LogP contribution in [-0.2, 0) is 6.54 Å². The number of hydrogen-bond acceptors (Lipinski definition) is 3. The first-order chi connectivity index (χ1) is 12.3. The van der Waals surface area contributed by atoms with Gasteiger partial charge in [0.2, 0.25) is 0 Å². The van der Waals surface area contributed by atoms with Gasteiger partial charge in [0.1, 0.15) is 5.82 Å². The van der Waals surface area contributed by atoms with E-state index in [9.17, 15) is 10.1 Å². The van der Waals surface area contributed by atoms with E-state index >= 15 is 0 Å². The van der Waals surface area contributed by atoms with Gasteiger partial charge in [-0.05, 0) is 43.7 Å².